The van der Waals surface area contributed by atoms with E-state index in [1.165, 1.54) is 22.6 Å². The average Bonchev–Trinajstić information content (AvgIpc) is 3.43. The lowest BCUT2D eigenvalue weighted by molar-refractivity contribution is 0.102. The summed E-state index contributed by atoms with van der Waals surface area (Å²) < 4.78 is 0. The van der Waals surface area contributed by atoms with Gasteiger partial charge in [0.1, 0.15) is 6.17 Å². The van der Waals surface area contributed by atoms with Gasteiger partial charge in [-0.15, -0.1) is 11.3 Å². The van der Waals surface area contributed by atoms with Crippen LogP contribution in [0.15, 0.2) is 53.2 Å². The first kappa shape index (κ1) is 19.1. The largest absolute Gasteiger partial charge is 0.369 e. The lowest BCUT2D eigenvalue weighted by atomic mass is 9.99. The molecule has 1 aromatic heterocycles. The molecule has 1 atom stereocenters. The number of hydrogen-bond acceptors (Lipinski definition) is 7. The lowest BCUT2D eigenvalue weighted by Crippen LogP contribution is -2.44. The van der Waals surface area contributed by atoms with Crippen molar-refractivity contribution < 1.29 is 4.79 Å². The fraction of sp³-hybridized carbons (Fsp3) is 0.364. The first-order valence-corrected chi connectivity index (χ1v) is 11.3. The average molecular weight is 423 g/mol. The third-order valence-electron chi connectivity index (χ3n) is 5.91. The molecule has 8 heteroatoms. The topological polar surface area (TPSA) is 72.5 Å². The number of amides is 1. The zero-order valence-electron chi connectivity index (χ0n) is 17.0. The van der Waals surface area contributed by atoms with E-state index in [1.807, 2.05) is 23.6 Å². The number of nitrogens with one attached hydrogen (secondary N) is 3. The number of aromatic nitrogens is 1. The maximum atomic E-state index is 12.8. The van der Waals surface area contributed by atoms with Crippen molar-refractivity contribution in [1.82, 2.24) is 14.8 Å². The summed E-state index contributed by atoms with van der Waals surface area (Å²) in [7, 11) is 2.18. The summed E-state index contributed by atoms with van der Waals surface area (Å²) in [5.41, 5.74) is 5.10. The molecule has 1 aromatic carbocycles. The predicted octanol–water partition coefficient (Wildman–Crippen LogP) is 3.41. The van der Waals surface area contributed by atoms with Gasteiger partial charge in [-0.3, -0.25) is 10.1 Å². The Morgan fingerprint density at radius 2 is 2.10 bits per heavy atom. The Balaban J connectivity index is 1.32. The second-order valence-corrected chi connectivity index (χ2v) is 8.81. The number of fused-ring (bicyclic) bond motifs is 1. The molecule has 1 saturated heterocycles. The smallest absolute Gasteiger partial charge is 0.259 e. The molecule has 5 rings (SSSR count). The number of hydrogen-bond donors (Lipinski definition) is 3. The third kappa shape index (κ3) is 3.80. The molecule has 2 aliphatic heterocycles. The predicted molar refractivity (Wildman–Crippen MR) is 122 cm³/mol. The van der Waals surface area contributed by atoms with Gasteiger partial charge in [-0.2, -0.15) is 0 Å². The summed E-state index contributed by atoms with van der Waals surface area (Å²) in [6.45, 7) is 4.34. The Morgan fingerprint density at radius 1 is 1.23 bits per heavy atom. The molecule has 0 saturated carbocycles. The maximum Gasteiger partial charge on any atom is 0.259 e. The van der Waals surface area contributed by atoms with Gasteiger partial charge in [0.15, 0.2) is 5.13 Å². The number of para-hydroxylation sites is 1. The van der Waals surface area contributed by atoms with Gasteiger partial charge < -0.3 is 20.4 Å². The summed E-state index contributed by atoms with van der Waals surface area (Å²) in [4.78, 5) is 21.8. The zero-order chi connectivity index (χ0) is 20.5. The van der Waals surface area contributed by atoms with E-state index >= 15 is 0 Å². The Kier molecular flexibility index (Phi) is 5.18. The Morgan fingerprint density at radius 3 is 2.90 bits per heavy atom. The molecule has 1 unspecified atom stereocenters. The van der Waals surface area contributed by atoms with E-state index in [0.29, 0.717) is 10.7 Å². The van der Waals surface area contributed by atoms with Crippen LogP contribution in [-0.4, -0.2) is 60.1 Å². The van der Waals surface area contributed by atoms with Gasteiger partial charge in [0.25, 0.3) is 5.91 Å². The van der Waals surface area contributed by atoms with E-state index in [0.717, 1.165) is 50.4 Å². The Labute approximate surface area is 180 Å². The van der Waals surface area contributed by atoms with E-state index in [-0.39, 0.29) is 12.1 Å². The molecule has 30 heavy (non-hydrogen) atoms. The number of thiazole rings is 1. The monoisotopic (exact) mass is 422 g/mol. The molecular weight excluding hydrogens is 396 g/mol. The van der Waals surface area contributed by atoms with Crippen molar-refractivity contribution in [2.75, 3.05) is 49.2 Å². The summed E-state index contributed by atoms with van der Waals surface area (Å²) in [6.07, 6.45) is 8.42. The molecule has 1 aliphatic carbocycles. The first-order valence-electron chi connectivity index (χ1n) is 10.4. The fourth-order valence-electron chi connectivity index (χ4n) is 4.21. The van der Waals surface area contributed by atoms with Crippen LogP contribution in [0.4, 0.5) is 16.5 Å². The first-order chi connectivity index (χ1) is 14.7. The van der Waals surface area contributed by atoms with E-state index < -0.39 is 0 Å². The number of allylic oxidation sites excluding steroid dienone is 2. The van der Waals surface area contributed by atoms with Crippen LogP contribution < -0.4 is 16.0 Å². The van der Waals surface area contributed by atoms with Gasteiger partial charge in [0.2, 0.25) is 0 Å². The highest BCUT2D eigenvalue weighted by Crippen LogP contribution is 2.37. The summed E-state index contributed by atoms with van der Waals surface area (Å²) >= 11 is 1.41. The SMILES string of the molecule is CN1CCN(C2=CCCC(C3Nc4cccc(C(=O)Nc5nccs5)c4N3)=C2)CC1. The highest BCUT2D eigenvalue weighted by molar-refractivity contribution is 7.13. The molecular formula is C22H26N6OS. The molecule has 0 radical (unpaired) electrons. The number of likely N-dealkylation sites (N-methyl/N-ethyl adjacent to an activating group) is 1. The molecule has 3 aliphatic rings. The minimum atomic E-state index is -0.146. The van der Waals surface area contributed by atoms with Crippen molar-refractivity contribution in [3.8, 4) is 0 Å². The quantitative estimate of drug-likeness (QED) is 0.701. The number of carbonyl (C=O) groups excluding carboxylic acids is 1. The summed E-state index contributed by atoms with van der Waals surface area (Å²) in [5.74, 6) is -0.146. The van der Waals surface area contributed by atoms with Crippen molar-refractivity contribution in [2.45, 2.75) is 19.0 Å². The van der Waals surface area contributed by atoms with Crippen LogP contribution in [0.25, 0.3) is 0 Å². The maximum absolute atomic E-state index is 12.8. The Bertz CT molecular complexity index is 991. The second kappa shape index (κ2) is 8.12. The van der Waals surface area contributed by atoms with Crippen molar-refractivity contribution in [2.24, 2.45) is 0 Å². The summed E-state index contributed by atoms with van der Waals surface area (Å²) in [5, 5.41) is 12.5. The van der Waals surface area contributed by atoms with Crippen LogP contribution in [0, 0.1) is 0 Å². The van der Waals surface area contributed by atoms with Gasteiger partial charge >= 0.3 is 0 Å². The minimum Gasteiger partial charge on any atom is -0.369 e. The molecule has 1 amide bonds. The number of piperazine rings is 1. The number of carbonyl (C=O) groups is 1. The molecule has 2 aromatic rings. The van der Waals surface area contributed by atoms with Crippen LogP contribution in [0.3, 0.4) is 0 Å². The number of nitrogens with zero attached hydrogens (tertiary/aromatic N) is 3. The van der Waals surface area contributed by atoms with Gasteiger partial charge in [-0.25, -0.2) is 4.98 Å². The molecule has 7 nitrogen and oxygen atoms in total. The van der Waals surface area contributed by atoms with Crippen LogP contribution in [0.2, 0.25) is 0 Å². The highest BCUT2D eigenvalue weighted by Gasteiger charge is 2.28. The van der Waals surface area contributed by atoms with Crippen molar-refractivity contribution in [1.29, 1.82) is 0 Å². The lowest BCUT2D eigenvalue weighted by Gasteiger charge is -2.36. The fourth-order valence-corrected chi connectivity index (χ4v) is 4.73. The zero-order valence-corrected chi connectivity index (χ0v) is 17.8. The van der Waals surface area contributed by atoms with Crippen molar-refractivity contribution in [3.63, 3.8) is 0 Å². The standard InChI is InChI=1S/C22H26N6OS/c1-27-9-11-28(12-10-27)16-5-2-4-15(14-16)20-24-18-7-3-6-17(19(18)25-20)21(29)26-22-23-8-13-30-22/h3,5-8,13-14,20,24-25H,2,4,9-12H2,1H3,(H,23,26,29). The molecule has 3 N–H and O–H groups in total. The number of anilines is 3. The van der Waals surface area contributed by atoms with E-state index in [4.69, 9.17) is 0 Å². The molecule has 0 spiro atoms. The Hall–Kier alpha value is -2.84. The van der Waals surface area contributed by atoms with Crippen LogP contribution in [-0.2, 0) is 0 Å². The van der Waals surface area contributed by atoms with Gasteiger partial charge in [0, 0.05) is 43.5 Å². The number of rotatable bonds is 4. The molecule has 1 fully saturated rings. The summed E-state index contributed by atoms with van der Waals surface area (Å²) in [6, 6.07) is 5.78. The van der Waals surface area contributed by atoms with E-state index in [1.54, 1.807) is 6.20 Å². The third-order valence-corrected chi connectivity index (χ3v) is 6.60. The highest BCUT2D eigenvalue weighted by atomic mass is 32.1. The molecule has 0 bridgehead atoms. The van der Waals surface area contributed by atoms with E-state index in [9.17, 15) is 4.79 Å². The van der Waals surface area contributed by atoms with Crippen molar-refractivity contribution >= 4 is 33.8 Å². The van der Waals surface area contributed by atoms with Crippen molar-refractivity contribution in [3.05, 3.63) is 58.8 Å². The van der Waals surface area contributed by atoms with Crippen LogP contribution >= 0.6 is 11.3 Å². The molecule has 156 valence electrons. The minimum absolute atomic E-state index is 0.00461. The molecule has 3 heterocycles. The van der Waals surface area contributed by atoms with E-state index in [2.05, 4.69) is 49.9 Å². The van der Waals surface area contributed by atoms with Gasteiger partial charge in [-0.05, 0) is 43.7 Å². The second-order valence-electron chi connectivity index (χ2n) is 7.92. The number of benzene rings is 1. The van der Waals surface area contributed by atoms with Crippen LogP contribution in [0.5, 0.6) is 0 Å². The normalized spacial score (nSPS) is 21.2. The van der Waals surface area contributed by atoms with Gasteiger partial charge in [-0.1, -0.05) is 12.1 Å². The van der Waals surface area contributed by atoms with Crippen LogP contribution in [0.1, 0.15) is 23.2 Å². The van der Waals surface area contributed by atoms with Gasteiger partial charge in [0.05, 0.1) is 16.9 Å².